The summed E-state index contributed by atoms with van der Waals surface area (Å²) in [5.41, 5.74) is 5.47. The average Bonchev–Trinajstić information content (AvgIpc) is 2.53. The number of amides is 3. The van der Waals surface area contributed by atoms with Crippen LogP contribution >= 0.6 is 0 Å². The van der Waals surface area contributed by atoms with Crippen molar-refractivity contribution in [1.29, 1.82) is 0 Å². The van der Waals surface area contributed by atoms with Crippen LogP contribution in [0.15, 0.2) is 0 Å². The molecule has 0 aromatic rings. The smallest absolute Gasteiger partial charge is 0.326 e. The van der Waals surface area contributed by atoms with Gasteiger partial charge in [-0.05, 0) is 18.8 Å². The Morgan fingerprint density at radius 1 is 0.960 bits per heavy atom. The van der Waals surface area contributed by atoms with E-state index < -0.39 is 41.8 Å². The first-order valence-corrected chi connectivity index (χ1v) is 8.37. The predicted octanol–water partition coefficient (Wildman–Crippen LogP) is -0.794. The lowest BCUT2D eigenvalue weighted by atomic mass is 9.99. The molecule has 0 rings (SSSR count). The van der Waals surface area contributed by atoms with Crippen LogP contribution in [-0.4, -0.2) is 53.5 Å². The van der Waals surface area contributed by atoms with Gasteiger partial charge in [0.15, 0.2) is 0 Å². The molecule has 0 aromatic carbocycles. The Labute approximate surface area is 148 Å². The Morgan fingerprint density at radius 2 is 1.52 bits per heavy atom. The predicted molar refractivity (Wildman–Crippen MR) is 92.4 cm³/mol. The van der Waals surface area contributed by atoms with Crippen LogP contribution in [0.1, 0.15) is 41.0 Å². The fourth-order valence-electron chi connectivity index (χ4n) is 2.00. The minimum absolute atomic E-state index is 0.211. The van der Waals surface area contributed by atoms with Gasteiger partial charge in [-0.2, -0.15) is 0 Å². The zero-order valence-corrected chi connectivity index (χ0v) is 15.5. The van der Waals surface area contributed by atoms with Crippen molar-refractivity contribution in [3.8, 4) is 0 Å². The second-order valence-corrected chi connectivity index (χ2v) is 6.51. The van der Waals surface area contributed by atoms with E-state index in [1.165, 1.54) is 6.92 Å². The Bertz CT molecular complexity index is 493. The van der Waals surface area contributed by atoms with E-state index >= 15 is 0 Å². The van der Waals surface area contributed by atoms with Crippen molar-refractivity contribution in [1.82, 2.24) is 16.0 Å². The normalized spacial score (nSPS) is 15.6. The topological polar surface area (TPSA) is 151 Å². The minimum atomic E-state index is -1.13. The highest BCUT2D eigenvalue weighted by molar-refractivity contribution is 5.92. The SMILES string of the molecule is CCC(C)C(NC(=O)CNC(=O)C(NC(=O)C(C)N)C(C)C)C(=O)O. The summed E-state index contributed by atoms with van der Waals surface area (Å²) in [6, 6.07) is -2.62. The molecule has 144 valence electrons. The van der Waals surface area contributed by atoms with Crippen LogP contribution in [0.2, 0.25) is 0 Å². The molecule has 0 aromatic heterocycles. The maximum Gasteiger partial charge on any atom is 0.326 e. The first-order valence-electron chi connectivity index (χ1n) is 8.37. The molecule has 3 amide bonds. The van der Waals surface area contributed by atoms with E-state index in [1.807, 2.05) is 6.92 Å². The molecule has 25 heavy (non-hydrogen) atoms. The molecule has 4 atom stereocenters. The van der Waals surface area contributed by atoms with E-state index in [2.05, 4.69) is 16.0 Å². The maximum atomic E-state index is 12.2. The quantitative estimate of drug-likeness (QED) is 0.345. The molecule has 0 fully saturated rings. The average molecular weight is 358 g/mol. The third-order valence-electron chi connectivity index (χ3n) is 3.88. The highest BCUT2D eigenvalue weighted by atomic mass is 16.4. The number of nitrogens with two attached hydrogens (primary N) is 1. The summed E-state index contributed by atoms with van der Waals surface area (Å²) >= 11 is 0. The van der Waals surface area contributed by atoms with Crippen LogP contribution in [0, 0.1) is 11.8 Å². The number of rotatable bonds is 10. The van der Waals surface area contributed by atoms with E-state index in [0.717, 1.165) is 0 Å². The monoisotopic (exact) mass is 358 g/mol. The van der Waals surface area contributed by atoms with E-state index in [9.17, 15) is 19.2 Å². The molecule has 0 saturated carbocycles. The summed E-state index contributed by atoms with van der Waals surface area (Å²) in [5, 5.41) is 16.5. The molecule has 0 bridgehead atoms. The van der Waals surface area contributed by atoms with Gasteiger partial charge in [-0.25, -0.2) is 4.79 Å². The molecule has 4 unspecified atom stereocenters. The van der Waals surface area contributed by atoms with Gasteiger partial charge in [0.2, 0.25) is 17.7 Å². The molecule has 0 aliphatic carbocycles. The van der Waals surface area contributed by atoms with Gasteiger partial charge in [-0.3, -0.25) is 14.4 Å². The summed E-state index contributed by atoms with van der Waals surface area (Å²) in [7, 11) is 0. The van der Waals surface area contributed by atoms with Crippen LogP contribution in [0.3, 0.4) is 0 Å². The molecule has 0 heterocycles. The lowest BCUT2D eigenvalue weighted by Gasteiger charge is -2.23. The fourth-order valence-corrected chi connectivity index (χ4v) is 2.00. The number of hydrogen-bond acceptors (Lipinski definition) is 5. The van der Waals surface area contributed by atoms with Crippen molar-refractivity contribution in [2.75, 3.05) is 6.54 Å². The fraction of sp³-hybridized carbons (Fsp3) is 0.750. The van der Waals surface area contributed by atoms with Gasteiger partial charge in [0.05, 0.1) is 12.6 Å². The number of aliphatic carboxylic acids is 1. The molecule has 0 aliphatic heterocycles. The highest BCUT2D eigenvalue weighted by Gasteiger charge is 2.27. The first-order chi connectivity index (χ1) is 11.5. The lowest BCUT2D eigenvalue weighted by Crippen LogP contribution is -2.55. The van der Waals surface area contributed by atoms with Crippen molar-refractivity contribution in [2.45, 2.75) is 59.2 Å². The second kappa shape index (κ2) is 10.7. The second-order valence-electron chi connectivity index (χ2n) is 6.51. The van der Waals surface area contributed by atoms with Crippen LogP contribution in [0.4, 0.5) is 0 Å². The molecule has 6 N–H and O–H groups in total. The van der Waals surface area contributed by atoms with Crippen molar-refractivity contribution < 1.29 is 24.3 Å². The number of hydrogen-bond donors (Lipinski definition) is 5. The minimum Gasteiger partial charge on any atom is -0.480 e. The van der Waals surface area contributed by atoms with Crippen molar-refractivity contribution >= 4 is 23.7 Å². The molecule has 0 radical (unpaired) electrons. The van der Waals surface area contributed by atoms with Gasteiger partial charge in [-0.1, -0.05) is 34.1 Å². The van der Waals surface area contributed by atoms with Crippen LogP contribution in [0.5, 0.6) is 0 Å². The third-order valence-corrected chi connectivity index (χ3v) is 3.88. The zero-order chi connectivity index (χ0) is 19.7. The van der Waals surface area contributed by atoms with E-state index in [4.69, 9.17) is 10.8 Å². The van der Waals surface area contributed by atoms with E-state index in [0.29, 0.717) is 6.42 Å². The number of carboxylic acids is 1. The number of nitrogens with one attached hydrogen (secondary N) is 3. The van der Waals surface area contributed by atoms with E-state index in [1.54, 1.807) is 20.8 Å². The summed E-state index contributed by atoms with van der Waals surface area (Å²) in [4.78, 5) is 47.0. The number of carbonyl (C=O) groups excluding carboxylic acids is 3. The van der Waals surface area contributed by atoms with Gasteiger partial charge in [-0.15, -0.1) is 0 Å². The van der Waals surface area contributed by atoms with Gasteiger partial charge in [0.1, 0.15) is 12.1 Å². The number of carboxylic acid groups (broad SMARTS) is 1. The highest BCUT2D eigenvalue weighted by Crippen LogP contribution is 2.07. The van der Waals surface area contributed by atoms with Gasteiger partial charge < -0.3 is 26.8 Å². The summed E-state index contributed by atoms with van der Waals surface area (Å²) in [6.07, 6.45) is 0.586. The Morgan fingerprint density at radius 3 is 1.92 bits per heavy atom. The molecule has 0 aliphatic rings. The first kappa shape index (κ1) is 22.8. The maximum absolute atomic E-state index is 12.2. The summed E-state index contributed by atoms with van der Waals surface area (Å²) < 4.78 is 0. The van der Waals surface area contributed by atoms with Crippen LogP contribution in [0.25, 0.3) is 0 Å². The van der Waals surface area contributed by atoms with Crippen molar-refractivity contribution in [3.63, 3.8) is 0 Å². The Balaban J connectivity index is 4.70. The molecule has 0 spiro atoms. The van der Waals surface area contributed by atoms with E-state index in [-0.39, 0.29) is 18.4 Å². The summed E-state index contributed by atoms with van der Waals surface area (Å²) in [5.74, 6) is -3.19. The number of carbonyl (C=O) groups is 4. The largest absolute Gasteiger partial charge is 0.480 e. The van der Waals surface area contributed by atoms with Crippen LogP contribution < -0.4 is 21.7 Å². The van der Waals surface area contributed by atoms with Crippen LogP contribution in [-0.2, 0) is 19.2 Å². The standard InChI is InChI=1S/C16H30N4O5/c1-6-9(4)13(16(24)25)19-11(21)7-18-15(23)12(8(2)3)20-14(22)10(5)17/h8-10,12-13H,6-7,17H2,1-5H3,(H,18,23)(H,19,21)(H,20,22)(H,24,25). The van der Waals surface area contributed by atoms with Gasteiger partial charge >= 0.3 is 5.97 Å². The van der Waals surface area contributed by atoms with Crippen molar-refractivity contribution in [3.05, 3.63) is 0 Å². The van der Waals surface area contributed by atoms with Crippen molar-refractivity contribution in [2.24, 2.45) is 17.6 Å². The Kier molecular flexibility index (Phi) is 9.73. The third kappa shape index (κ3) is 7.97. The van der Waals surface area contributed by atoms with Gasteiger partial charge in [0.25, 0.3) is 0 Å². The molecular formula is C16H30N4O5. The molecule has 0 saturated heterocycles. The molecular weight excluding hydrogens is 328 g/mol. The lowest BCUT2D eigenvalue weighted by molar-refractivity contribution is -0.143. The summed E-state index contributed by atoms with van der Waals surface area (Å²) in [6.45, 7) is 8.15. The van der Waals surface area contributed by atoms with Gasteiger partial charge in [0, 0.05) is 0 Å². The molecule has 9 heteroatoms. The molecule has 9 nitrogen and oxygen atoms in total. The zero-order valence-electron chi connectivity index (χ0n) is 15.5. The Hall–Kier alpha value is -2.16.